The van der Waals surface area contributed by atoms with Gasteiger partial charge in [-0.1, -0.05) is 29.8 Å². The first-order valence-electron chi connectivity index (χ1n) is 7.84. The number of furan rings is 1. The largest absolute Gasteiger partial charge is 0.459 e. The van der Waals surface area contributed by atoms with Crippen molar-refractivity contribution in [3.05, 3.63) is 64.9 Å². The Kier molecular flexibility index (Phi) is 5.04. The standard InChI is InChI=1S/C18H17ClN2O4S/c1-11(16-9-12-5-3-4-6-15(12)25-16)21-18(22)13-7-8-14(19)17(10-13)26(23,24)20-2/h3-11,20H,1-2H3,(H,21,22)/t11-/m0/s1. The van der Waals surface area contributed by atoms with Crippen molar-refractivity contribution in [1.82, 2.24) is 10.0 Å². The van der Waals surface area contributed by atoms with Gasteiger partial charge in [-0.3, -0.25) is 4.79 Å². The van der Waals surface area contributed by atoms with Crippen molar-refractivity contribution in [2.24, 2.45) is 0 Å². The lowest BCUT2D eigenvalue weighted by Crippen LogP contribution is -2.27. The van der Waals surface area contributed by atoms with E-state index in [-0.39, 0.29) is 15.5 Å². The Balaban J connectivity index is 1.84. The van der Waals surface area contributed by atoms with Gasteiger partial charge in [0.15, 0.2) is 0 Å². The maximum absolute atomic E-state index is 12.5. The summed E-state index contributed by atoms with van der Waals surface area (Å²) in [5.41, 5.74) is 0.920. The molecular formula is C18H17ClN2O4S. The van der Waals surface area contributed by atoms with Gasteiger partial charge in [0.2, 0.25) is 10.0 Å². The van der Waals surface area contributed by atoms with E-state index in [0.717, 1.165) is 11.0 Å². The van der Waals surface area contributed by atoms with Crippen LogP contribution in [0.2, 0.25) is 5.02 Å². The van der Waals surface area contributed by atoms with Gasteiger partial charge in [-0.15, -0.1) is 0 Å². The highest BCUT2D eigenvalue weighted by Crippen LogP contribution is 2.25. The van der Waals surface area contributed by atoms with Crippen molar-refractivity contribution in [3.63, 3.8) is 0 Å². The second-order valence-electron chi connectivity index (χ2n) is 5.73. The van der Waals surface area contributed by atoms with Crippen molar-refractivity contribution in [2.45, 2.75) is 17.9 Å². The first-order chi connectivity index (χ1) is 12.3. The number of sulfonamides is 1. The molecule has 0 aliphatic heterocycles. The maximum Gasteiger partial charge on any atom is 0.251 e. The molecule has 0 aliphatic carbocycles. The fourth-order valence-electron chi connectivity index (χ4n) is 2.53. The number of carbonyl (C=O) groups is 1. The van der Waals surface area contributed by atoms with Crippen LogP contribution in [-0.4, -0.2) is 21.4 Å². The second-order valence-corrected chi connectivity index (χ2v) is 8.00. The van der Waals surface area contributed by atoms with Gasteiger partial charge in [-0.25, -0.2) is 13.1 Å². The molecule has 0 bridgehead atoms. The summed E-state index contributed by atoms with van der Waals surface area (Å²) in [5, 5.41) is 3.78. The van der Waals surface area contributed by atoms with E-state index in [1.54, 1.807) is 6.92 Å². The lowest BCUT2D eigenvalue weighted by Gasteiger charge is -2.12. The molecule has 1 heterocycles. The van der Waals surface area contributed by atoms with Gasteiger partial charge in [-0.05, 0) is 44.3 Å². The van der Waals surface area contributed by atoms with Gasteiger partial charge in [-0.2, -0.15) is 0 Å². The van der Waals surface area contributed by atoms with Gasteiger partial charge in [0.1, 0.15) is 16.2 Å². The number of hydrogen-bond acceptors (Lipinski definition) is 4. The predicted octanol–water partition coefficient (Wildman–Crippen LogP) is 3.49. The summed E-state index contributed by atoms with van der Waals surface area (Å²) in [6, 6.07) is 13.1. The lowest BCUT2D eigenvalue weighted by atomic mass is 10.1. The smallest absolute Gasteiger partial charge is 0.251 e. The minimum Gasteiger partial charge on any atom is -0.459 e. The average Bonchev–Trinajstić information content (AvgIpc) is 3.06. The number of halogens is 1. The number of fused-ring (bicyclic) bond motifs is 1. The molecule has 1 amide bonds. The van der Waals surface area contributed by atoms with Gasteiger partial charge in [0.05, 0.1) is 11.1 Å². The number of carbonyl (C=O) groups excluding carboxylic acids is 1. The Morgan fingerprint density at radius 1 is 1.15 bits per heavy atom. The molecule has 0 unspecified atom stereocenters. The molecule has 26 heavy (non-hydrogen) atoms. The molecule has 0 saturated heterocycles. The van der Waals surface area contributed by atoms with E-state index in [1.807, 2.05) is 30.3 Å². The number of amides is 1. The van der Waals surface area contributed by atoms with Crippen LogP contribution in [0.4, 0.5) is 0 Å². The summed E-state index contributed by atoms with van der Waals surface area (Å²) < 4.78 is 31.9. The van der Waals surface area contributed by atoms with Crippen LogP contribution in [0, 0.1) is 0 Å². The highest BCUT2D eigenvalue weighted by atomic mass is 35.5. The monoisotopic (exact) mass is 392 g/mol. The normalized spacial score (nSPS) is 12.9. The molecule has 8 heteroatoms. The third-order valence-electron chi connectivity index (χ3n) is 3.97. The fourth-order valence-corrected chi connectivity index (χ4v) is 3.78. The summed E-state index contributed by atoms with van der Waals surface area (Å²) in [7, 11) is -2.48. The van der Waals surface area contributed by atoms with Crippen LogP contribution in [-0.2, 0) is 10.0 Å². The number of nitrogens with one attached hydrogen (secondary N) is 2. The molecule has 2 aromatic carbocycles. The number of rotatable bonds is 5. The number of benzene rings is 2. The quantitative estimate of drug-likeness (QED) is 0.695. The highest BCUT2D eigenvalue weighted by Gasteiger charge is 2.20. The fraction of sp³-hybridized carbons (Fsp3) is 0.167. The molecule has 2 N–H and O–H groups in total. The van der Waals surface area contributed by atoms with Crippen LogP contribution >= 0.6 is 11.6 Å². The van der Waals surface area contributed by atoms with Crippen molar-refractivity contribution in [3.8, 4) is 0 Å². The van der Waals surface area contributed by atoms with Crippen LogP contribution in [0.3, 0.4) is 0 Å². The van der Waals surface area contributed by atoms with Gasteiger partial charge in [0.25, 0.3) is 5.91 Å². The average molecular weight is 393 g/mol. The van der Waals surface area contributed by atoms with E-state index < -0.39 is 22.0 Å². The molecule has 0 fully saturated rings. The Labute approximate surface area is 156 Å². The van der Waals surface area contributed by atoms with E-state index in [0.29, 0.717) is 5.76 Å². The highest BCUT2D eigenvalue weighted by molar-refractivity contribution is 7.89. The second kappa shape index (κ2) is 7.11. The zero-order chi connectivity index (χ0) is 18.9. The van der Waals surface area contributed by atoms with E-state index >= 15 is 0 Å². The summed E-state index contributed by atoms with van der Waals surface area (Å²) in [5.74, 6) is 0.179. The number of para-hydroxylation sites is 1. The van der Waals surface area contributed by atoms with E-state index in [1.165, 1.54) is 25.2 Å². The molecular weight excluding hydrogens is 376 g/mol. The summed E-state index contributed by atoms with van der Waals surface area (Å²) in [6.45, 7) is 1.79. The first kappa shape index (κ1) is 18.4. The minimum atomic E-state index is -3.76. The van der Waals surface area contributed by atoms with Crippen LogP contribution in [0.1, 0.15) is 29.1 Å². The number of hydrogen-bond donors (Lipinski definition) is 2. The zero-order valence-corrected chi connectivity index (χ0v) is 15.7. The zero-order valence-electron chi connectivity index (χ0n) is 14.1. The molecule has 0 aliphatic rings. The van der Waals surface area contributed by atoms with Crippen molar-refractivity contribution in [2.75, 3.05) is 7.05 Å². The molecule has 1 aromatic heterocycles. The molecule has 0 saturated carbocycles. The molecule has 6 nitrogen and oxygen atoms in total. The third-order valence-corrected chi connectivity index (χ3v) is 5.87. The minimum absolute atomic E-state index is 0.0428. The Morgan fingerprint density at radius 2 is 1.88 bits per heavy atom. The summed E-state index contributed by atoms with van der Waals surface area (Å²) in [6.07, 6.45) is 0. The Bertz CT molecular complexity index is 1040. The van der Waals surface area contributed by atoms with E-state index in [2.05, 4.69) is 10.0 Å². The van der Waals surface area contributed by atoms with Crippen LogP contribution in [0.5, 0.6) is 0 Å². The van der Waals surface area contributed by atoms with Crippen molar-refractivity contribution < 1.29 is 17.6 Å². The Morgan fingerprint density at radius 3 is 2.58 bits per heavy atom. The van der Waals surface area contributed by atoms with Gasteiger partial charge >= 0.3 is 0 Å². The van der Waals surface area contributed by atoms with Crippen LogP contribution in [0.25, 0.3) is 11.0 Å². The molecule has 1 atom stereocenters. The van der Waals surface area contributed by atoms with Crippen molar-refractivity contribution >= 4 is 38.5 Å². The van der Waals surface area contributed by atoms with Gasteiger partial charge in [0, 0.05) is 10.9 Å². The van der Waals surface area contributed by atoms with Crippen molar-refractivity contribution in [1.29, 1.82) is 0 Å². The third kappa shape index (κ3) is 3.60. The Hall–Kier alpha value is -2.35. The molecule has 3 aromatic rings. The van der Waals surface area contributed by atoms with Gasteiger partial charge < -0.3 is 9.73 Å². The molecule has 0 radical (unpaired) electrons. The lowest BCUT2D eigenvalue weighted by molar-refractivity contribution is 0.0935. The summed E-state index contributed by atoms with van der Waals surface area (Å²) >= 11 is 5.95. The molecule has 0 spiro atoms. The summed E-state index contributed by atoms with van der Waals surface area (Å²) in [4.78, 5) is 12.4. The topological polar surface area (TPSA) is 88.4 Å². The predicted molar refractivity (Wildman–Crippen MR) is 99.8 cm³/mol. The SMILES string of the molecule is CNS(=O)(=O)c1cc(C(=O)N[C@@H](C)c2cc3ccccc3o2)ccc1Cl. The van der Waals surface area contributed by atoms with Crippen LogP contribution < -0.4 is 10.0 Å². The maximum atomic E-state index is 12.5. The van der Waals surface area contributed by atoms with Crippen LogP contribution in [0.15, 0.2) is 57.8 Å². The molecule has 3 rings (SSSR count). The van der Waals surface area contributed by atoms with E-state index in [4.69, 9.17) is 16.0 Å². The molecule has 136 valence electrons. The van der Waals surface area contributed by atoms with E-state index in [9.17, 15) is 13.2 Å². The first-order valence-corrected chi connectivity index (χ1v) is 9.70.